The van der Waals surface area contributed by atoms with Crippen molar-refractivity contribution in [2.45, 2.75) is 53.4 Å². The van der Waals surface area contributed by atoms with E-state index < -0.39 is 0 Å². The summed E-state index contributed by atoms with van der Waals surface area (Å²) in [4.78, 5) is 12.7. The largest absolute Gasteiger partial charge is 0.299 e. The topological polar surface area (TPSA) is 17.1 Å². The van der Waals surface area contributed by atoms with Gasteiger partial charge in [0.1, 0.15) is 5.78 Å². The number of carbonyl (C=O) groups excluding carboxylic acids is 1. The molecule has 16 heavy (non-hydrogen) atoms. The molecule has 4 bridgehead atoms. The van der Waals surface area contributed by atoms with Crippen LogP contribution in [0.25, 0.3) is 0 Å². The average Bonchev–Trinajstić information content (AvgIpc) is 2.30. The lowest BCUT2D eigenvalue weighted by atomic mass is 9.50. The first kappa shape index (κ1) is 10.8. The van der Waals surface area contributed by atoms with Gasteiger partial charge in [0.15, 0.2) is 0 Å². The highest BCUT2D eigenvalue weighted by molar-refractivity contribution is 5.90. The second-order valence-corrected chi connectivity index (χ2v) is 7.55. The fraction of sp³-hybridized carbons (Fsp3) is 0.933. The van der Waals surface area contributed by atoms with E-state index in [4.69, 9.17) is 0 Å². The van der Waals surface area contributed by atoms with Crippen LogP contribution in [0.2, 0.25) is 0 Å². The van der Waals surface area contributed by atoms with Crippen LogP contribution in [0.4, 0.5) is 0 Å². The minimum Gasteiger partial charge on any atom is -0.299 e. The van der Waals surface area contributed by atoms with Crippen molar-refractivity contribution >= 4 is 5.78 Å². The molecule has 0 amide bonds. The highest BCUT2D eigenvalue weighted by Crippen LogP contribution is 2.68. The van der Waals surface area contributed by atoms with Crippen molar-refractivity contribution in [3.63, 3.8) is 0 Å². The van der Waals surface area contributed by atoms with Crippen LogP contribution in [0.3, 0.4) is 0 Å². The Kier molecular flexibility index (Phi) is 1.97. The van der Waals surface area contributed by atoms with E-state index in [-0.39, 0.29) is 5.41 Å². The van der Waals surface area contributed by atoms with E-state index >= 15 is 0 Å². The first-order chi connectivity index (χ1) is 7.37. The number of carbonyl (C=O) groups is 1. The molecule has 90 valence electrons. The lowest BCUT2D eigenvalue weighted by molar-refractivity contribution is -0.134. The van der Waals surface area contributed by atoms with Crippen molar-refractivity contribution in [3.8, 4) is 0 Å². The van der Waals surface area contributed by atoms with Gasteiger partial charge in [-0.05, 0) is 48.9 Å². The van der Waals surface area contributed by atoms with E-state index in [1.807, 2.05) is 0 Å². The van der Waals surface area contributed by atoms with Crippen LogP contribution >= 0.6 is 0 Å². The minimum atomic E-state index is 0.0465. The molecule has 0 aromatic rings. The molecule has 0 heterocycles. The van der Waals surface area contributed by atoms with Gasteiger partial charge in [-0.2, -0.15) is 0 Å². The van der Waals surface area contributed by atoms with Crippen LogP contribution < -0.4 is 0 Å². The summed E-state index contributed by atoms with van der Waals surface area (Å²) in [5.74, 6) is 2.96. The maximum atomic E-state index is 12.7. The monoisotopic (exact) mass is 220 g/mol. The molecule has 0 N–H and O–H groups in total. The summed E-state index contributed by atoms with van der Waals surface area (Å²) in [6.07, 6.45) is 5.17. The molecule has 0 saturated heterocycles. The average molecular weight is 220 g/mol. The number of hydrogen-bond donors (Lipinski definition) is 0. The van der Waals surface area contributed by atoms with E-state index in [0.717, 1.165) is 0 Å². The third kappa shape index (κ3) is 1.10. The summed E-state index contributed by atoms with van der Waals surface area (Å²) in [5.41, 5.74) is 0.526. The smallest absolute Gasteiger partial charge is 0.142 e. The summed E-state index contributed by atoms with van der Waals surface area (Å²) in [5, 5.41) is 0. The van der Waals surface area contributed by atoms with Gasteiger partial charge in [0.05, 0.1) is 0 Å². The van der Waals surface area contributed by atoms with Gasteiger partial charge < -0.3 is 0 Å². The molecule has 4 aliphatic rings. The van der Waals surface area contributed by atoms with Crippen molar-refractivity contribution < 1.29 is 4.79 Å². The number of fused-ring (bicyclic) bond motifs is 1. The zero-order valence-corrected chi connectivity index (χ0v) is 11.0. The number of ketones is 1. The summed E-state index contributed by atoms with van der Waals surface area (Å²) in [7, 11) is 0. The summed E-state index contributed by atoms with van der Waals surface area (Å²) < 4.78 is 0. The fourth-order valence-electron chi connectivity index (χ4n) is 5.52. The van der Waals surface area contributed by atoms with Gasteiger partial charge in [0.25, 0.3) is 0 Å². The first-order valence-corrected chi connectivity index (χ1v) is 6.92. The van der Waals surface area contributed by atoms with E-state index in [0.29, 0.717) is 34.9 Å². The molecule has 5 atom stereocenters. The van der Waals surface area contributed by atoms with Gasteiger partial charge in [-0.1, -0.05) is 27.7 Å². The van der Waals surface area contributed by atoms with Crippen molar-refractivity contribution in [2.24, 2.45) is 34.5 Å². The van der Waals surface area contributed by atoms with Crippen molar-refractivity contribution in [1.29, 1.82) is 0 Å². The second kappa shape index (κ2) is 2.91. The zero-order chi connectivity index (χ0) is 11.7. The molecule has 1 heteroatoms. The maximum absolute atomic E-state index is 12.7. The van der Waals surface area contributed by atoms with Gasteiger partial charge in [-0.15, -0.1) is 0 Å². The molecule has 4 fully saturated rings. The molecule has 0 aromatic heterocycles. The first-order valence-electron chi connectivity index (χ1n) is 6.92. The normalized spacial score (nSPS) is 55.1. The molecule has 0 unspecified atom stereocenters. The Hall–Kier alpha value is -0.330. The quantitative estimate of drug-likeness (QED) is 0.659. The molecule has 4 aliphatic carbocycles. The van der Waals surface area contributed by atoms with Gasteiger partial charge >= 0.3 is 0 Å². The van der Waals surface area contributed by atoms with Gasteiger partial charge in [0, 0.05) is 11.3 Å². The standard InChI is InChI=1S/C15H24O/c1-9(2)12-10-7-14(3)6-5-11(10)15(4,8-14)13(12)16/h9-12H,5-8H2,1-4H3/t10-,11+,12+,14-,15-/m0/s1. The van der Waals surface area contributed by atoms with Crippen molar-refractivity contribution in [1.82, 2.24) is 0 Å². The number of rotatable bonds is 1. The van der Waals surface area contributed by atoms with Gasteiger partial charge in [-0.3, -0.25) is 4.79 Å². The van der Waals surface area contributed by atoms with Crippen molar-refractivity contribution in [3.05, 3.63) is 0 Å². The highest BCUT2D eigenvalue weighted by Gasteiger charge is 2.65. The Morgan fingerprint density at radius 3 is 2.56 bits per heavy atom. The molecule has 1 nitrogen and oxygen atoms in total. The predicted molar refractivity (Wildman–Crippen MR) is 65.0 cm³/mol. The Balaban J connectivity index is 2.06. The Labute approximate surface area is 99.0 Å². The molecule has 4 saturated carbocycles. The summed E-state index contributed by atoms with van der Waals surface area (Å²) in [6, 6.07) is 0. The third-order valence-corrected chi connectivity index (χ3v) is 5.96. The Bertz CT molecular complexity index is 345. The molecule has 0 aliphatic heterocycles. The second-order valence-electron chi connectivity index (χ2n) is 7.55. The highest BCUT2D eigenvalue weighted by atomic mass is 16.1. The van der Waals surface area contributed by atoms with Gasteiger partial charge in [-0.25, -0.2) is 0 Å². The van der Waals surface area contributed by atoms with E-state index in [1.165, 1.54) is 25.7 Å². The van der Waals surface area contributed by atoms with Crippen LogP contribution in [0.15, 0.2) is 0 Å². The van der Waals surface area contributed by atoms with E-state index in [1.54, 1.807) is 0 Å². The minimum absolute atomic E-state index is 0.0465. The molecular weight excluding hydrogens is 196 g/mol. The van der Waals surface area contributed by atoms with E-state index in [2.05, 4.69) is 27.7 Å². The third-order valence-electron chi connectivity index (χ3n) is 5.96. The lowest BCUT2D eigenvalue weighted by Crippen LogP contribution is -2.46. The summed E-state index contributed by atoms with van der Waals surface area (Å²) >= 11 is 0. The molecule has 4 rings (SSSR count). The van der Waals surface area contributed by atoms with Crippen LogP contribution in [0.1, 0.15) is 53.4 Å². The molecular formula is C15H24O. The summed E-state index contributed by atoms with van der Waals surface area (Å²) in [6.45, 7) is 9.17. The predicted octanol–water partition coefficient (Wildman–Crippen LogP) is 3.67. The van der Waals surface area contributed by atoms with Crippen LogP contribution in [0.5, 0.6) is 0 Å². The van der Waals surface area contributed by atoms with E-state index in [9.17, 15) is 4.79 Å². The zero-order valence-electron chi connectivity index (χ0n) is 11.0. The SMILES string of the molecule is CC(C)[C@H]1C(=O)[C@@]2(C)C[C@@]3(C)CC[C@@H]2[C@@H]1C3. The Morgan fingerprint density at radius 1 is 1.31 bits per heavy atom. The van der Waals surface area contributed by atoms with Gasteiger partial charge in [0.2, 0.25) is 0 Å². The van der Waals surface area contributed by atoms with Crippen LogP contribution in [-0.4, -0.2) is 5.78 Å². The lowest BCUT2D eigenvalue weighted by Gasteiger charge is -2.53. The van der Waals surface area contributed by atoms with Crippen LogP contribution in [-0.2, 0) is 4.79 Å². The molecule has 0 spiro atoms. The number of Topliss-reactive ketones (excluding diaryl/α,β-unsaturated/α-hetero) is 1. The van der Waals surface area contributed by atoms with Crippen molar-refractivity contribution in [2.75, 3.05) is 0 Å². The molecule has 0 aromatic carbocycles. The number of hydrogen-bond acceptors (Lipinski definition) is 1. The molecule has 0 radical (unpaired) electrons. The maximum Gasteiger partial charge on any atom is 0.142 e. The van der Waals surface area contributed by atoms with Crippen LogP contribution in [0, 0.1) is 34.5 Å². The fourth-order valence-corrected chi connectivity index (χ4v) is 5.52. The Morgan fingerprint density at radius 2 is 2.00 bits per heavy atom.